The third-order valence-electron chi connectivity index (χ3n) is 14.9. The number of rotatable bonds is 51. The van der Waals surface area contributed by atoms with Gasteiger partial charge in [-0.05, 0) is 38.5 Å². The third kappa shape index (κ3) is 33.1. The molecule has 17 N–H and O–H groups in total. The van der Waals surface area contributed by atoms with Gasteiger partial charge >= 0.3 is 0 Å². The van der Waals surface area contributed by atoms with E-state index < -0.39 is 134 Å². The third-order valence-corrected chi connectivity index (χ3v) is 14.9. The van der Waals surface area contributed by atoms with Gasteiger partial charge in [0.1, 0.15) is 54.9 Å². The van der Waals surface area contributed by atoms with Crippen molar-refractivity contribution in [1.82, 2.24) is 31.9 Å². The molecule has 15 atom stereocenters. The van der Waals surface area contributed by atoms with Gasteiger partial charge in [-0.3, -0.25) is 28.8 Å². The van der Waals surface area contributed by atoms with Crippen molar-refractivity contribution in [3.63, 3.8) is 0 Å². The van der Waals surface area contributed by atoms with Crippen LogP contribution in [0.15, 0.2) is 0 Å². The fourth-order valence-corrected chi connectivity index (χ4v) is 10.2. The van der Waals surface area contributed by atoms with Crippen LogP contribution in [0, 0.1) is 0 Å². The van der Waals surface area contributed by atoms with E-state index in [0.29, 0.717) is 58.3 Å². The number of ether oxygens (including phenoxy) is 12. The molecule has 0 aromatic carbocycles. The van der Waals surface area contributed by atoms with Gasteiger partial charge in [0.05, 0.1) is 161 Å². The number of amides is 6. The van der Waals surface area contributed by atoms with Crippen LogP contribution in [0.1, 0.15) is 78.6 Å². The van der Waals surface area contributed by atoms with Crippen LogP contribution in [-0.4, -0.2) is 337 Å². The van der Waals surface area contributed by atoms with E-state index >= 15 is 0 Å². The van der Waals surface area contributed by atoms with Gasteiger partial charge in [0.25, 0.3) is 0 Å². The Hall–Kier alpha value is -4.06. The van der Waals surface area contributed by atoms with E-state index in [-0.39, 0.29) is 156 Å². The highest BCUT2D eigenvalue weighted by atomic mass is 16.6. The molecule has 3 saturated heterocycles. The molecule has 6 amide bonds. The molecule has 0 unspecified atom stereocenters. The summed E-state index contributed by atoms with van der Waals surface area (Å²) in [5.41, 5.74) is 5.43. The van der Waals surface area contributed by atoms with Gasteiger partial charge in [0, 0.05) is 79.5 Å². The first-order valence-electron chi connectivity index (χ1n) is 31.6. The quantitative estimate of drug-likeness (QED) is 0.0252. The Morgan fingerprint density at radius 3 is 0.848 bits per heavy atom. The number of aliphatic hydroxyl groups excluding tert-OH is 9. The first-order chi connectivity index (χ1) is 44.1. The molecular formula is C58H107N7O27. The summed E-state index contributed by atoms with van der Waals surface area (Å²) < 4.78 is 68.1. The van der Waals surface area contributed by atoms with Crippen molar-refractivity contribution in [3.8, 4) is 0 Å². The van der Waals surface area contributed by atoms with Crippen molar-refractivity contribution < 1.29 is 132 Å². The number of aliphatic hydroxyl groups is 9. The zero-order valence-corrected chi connectivity index (χ0v) is 53.4. The van der Waals surface area contributed by atoms with Crippen LogP contribution < -0.4 is 37.6 Å². The first kappa shape index (κ1) is 82.2. The van der Waals surface area contributed by atoms with Crippen LogP contribution in [0.3, 0.4) is 0 Å². The van der Waals surface area contributed by atoms with E-state index in [2.05, 4.69) is 31.9 Å². The zero-order chi connectivity index (χ0) is 67.7. The van der Waals surface area contributed by atoms with Crippen LogP contribution in [0.25, 0.3) is 0 Å². The van der Waals surface area contributed by atoms with E-state index in [1.165, 1.54) is 20.8 Å². The van der Waals surface area contributed by atoms with Crippen LogP contribution >= 0.6 is 0 Å². The SMILES string of the molecule is CC(=O)N[C@@H]1[C@@H](O)[C@@H](O)[C@@H](CO)O[C@@H]1CCCOCCOCCNC(=O)CCOCC(N)(COCCC(=O)NCCOCCOCCC[C@H]1O[C@H](CO)[C@H](O)[C@H](O)[C@H]1NC(C)=O)COCCC(=O)NCCOCCOCCC[C@H]1O[C@H](CO)[C@@H](O)[C@H](O)[C@H]1NC(C)=O. The standard InChI is InChI=1S/C58H107N7O27/c1-37(69)63-49-40(90-43(31-66)52(75)55(49)78)7-4-16-81-25-28-84-22-13-60-46(72)10-19-87-34-58(59,35-88-20-11-47(73)61-14-23-85-29-26-82-17-5-8-41-50(64-38(2)70)56(79)53(76)44(32-67)91-41)36-89-21-12-48(74)62-15-24-86-30-27-83-18-6-9-42-51(65-39(3)71)57(80)54(77)45(33-68)92-42/h40-45,49-57,66-68,75-80H,4-36,59H2,1-3H3,(H,60,72)(H,61,73)(H,62,74)(H,63,69)(H,64,70)(H,65,71)/t40-,41-,42-,43-,44-,45-,49+,50+,51+,52-,53+,54+,55-,56-,57-/m1/s1. The van der Waals surface area contributed by atoms with E-state index in [1.54, 1.807) is 0 Å². The number of hydrogen-bond acceptors (Lipinski definition) is 28. The van der Waals surface area contributed by atoms with Gasteiger partial charge in [-0.15, -0.1) is 0 Å². The molecule has 3 aliphatic rings. The van der Waals surface area contributed by atoms with E-state index in [4.69, 9.17) is 62.6 Å². The van der Waals surface area contributed by atoms with Crippen molar-refractivity contribution in [1.29, 1.82) is 0 Å². The number of carbonyl (C=O) groups excluding carboxylic acids is 6. The van der Waals surface area contributed by atoms with Gasteiger partial charge in [-0.2, -0.15) is 0 Å². The molecule has 3 rings (SSSR count). The van der Waals surface area contributed by atoms with Crippen molar-refractivity contribution in [3.05, 3.63) is 0 Å². The first-order valence-corrected chi connectivity index (χ1v) is 31.6. The summed E-state index contributed by atoms with van der Waals surface area (Å²) in [6, 6.07) is -2.56. The molecule has 0 aromatic heterocycles. The van der Waals surface area contributed by atoms with Crippen molar-refractivity contribution in [2.24, 2.45) is 5.73 Å². The molecule has 34 heteroatoms. The lowest BCUT2D eigenvalue weighted by molar-refractivity contribution is -0.197. The van der Waals surface area contributed by atoms with Gasteiger partial charge in [-0.1, -0.05) is 0 Å². The Morgan fingerprint density at radius 1 is 0.359 bits per heavy atom. The minimum atomic E-state index is -1.36. The average molecular weight is 1330 g/mol. The minimum absolute atomic E-state index is 0.00558. The number of hydrogen-bond donors (Lipinski definition) is 16. The fraction of sp³-hybridized carbons (Fsp3) is 0.897. The second-order valence-electron chi connectivity index (χ2n) is 22.7. The molecule has 0 saturated carbocycles. The summed E-state index contributed by atoms with van der Waals surface area (Å²) >= 11 is 0. The van der Waals surface area contributed by atoms with Gasteiger partial charge in [0.2, 0.25) is 35.4 Å². The minimum Gasteiger partial charge on any atom is -0.394 e. The summed E-state index contributed by atoms with van der Waals surface area (Å²) in [5.74, 6) is -2.12. The predicted octanol–water partition coefficient (Wildman–Crippen LogP) is -7.35. The maximum atomic E-state index is 12.6. The molecule has 34 nitrogen and oxygen atoms in total. The molecule has 0 radical (unpaired) electrons. The van der Waals surface area contributed by atoms with Crippen LogP contribution in [-0.2, 0) is 85.6 Å². The lowest BCUT2D eigenvalue weighted by atomic mass is 9.90. The summed E-state index contributed by atoms with van der Waals surface area (Å²) in [6.07, 6.45) is -10.3. The Labute approximate surface area is 537 Å². The van der Waals surface area contributed by atoms with Crippen LogP contribution in [0.2, 0.25) is 0 Å². The monoisotopic (exact) mass is 1330 g/mol. The molecule has 0 aliphatic carbocycles. The van der Waals surface area contributed by atoms with E-state index in [1.807, 2.05) is 0 Å². The van der Waals surface area contributed by atoms with Gasteiger partial charge in [0.15, 0.2) is 0 Å². The molecule has 536 valence electrons. The Morgan fingerprint density at radius 2 is 0.609 bits per heavy atom. The number of nitrogens with one attached hydrogen (secondary N) is 6. The summed E-state index contributed by atoms with van der Waals surface area (Å²) in [5, 5.41) is 107. The normalized spacial score (nSPS) is 27.2. The fourth-order valence-electron chi connectivity index (χ4n) is 10.2. The molecule has 3 fully saturated rings. The Bertz CT molecular complexity index is 1830. The van der Waals surface area contributed by atoms with E-state index in [9.17, 15) is 74.7 Å². The Kier molecular flexibility index (Phi) is 42.7. The molecule has 3 heterocycles. The van der Waals surface area contributed by atoms with Gasteiger partial charge < -0.3 is 140 Å². The Balaban J connectivity index is 1.31. The van der Waals surface area contributed by atoms with Gasteiger partial charge in [-0.25, -0.2) is 0 Å². The summed E-state index contributed by atoms with van der Waals surface area (Å²) in [4.78, 5) is 72.8. The second kappa shape index (κ2) is 47.8. The second-order valence-corrected chi connectivity index (χ2v) is 22.7. The lowest BCUT2D eigenvalue weighted by Gasteiger charge is -2.42. The molecule has 0 aromatic rings. The highest BCUT2D eigenvalue weighted by molar-refractivity contribution is 5.77. The number of nitrogens with two attached hydrogens (primary N) is 1. The molecule has 92 heavy (non-hydrogen) atoms. The highest BCUT2D eigenvalue weighted by Gasteiger charge is 2.47. The molecule has 0 bridgehead atoms. The maximum Gasteiger partial charge on any atom is 0.222 e. The zero-order valence-electron chi connectivity index (χ0n) is 53.4. The molecule has 0 spiro atoms. The highest BCUT2D eigenvalue weighted by Crippen LogP contribution is 2.27. The van der Waals surface area contributed by atoms with Crippen molar-refractivity contribution >= 4 is 35.4 Å². The maximum absolute atomic E-state index is 12.6. The average Bonchev–Trinajstić information content (AvgIpc) is 0.945. The predicted molar refractivity (Wildman–Crippen MR) is 321 cm³/mol. The topological polar surface area (TPSA) is 493 Å². The van der Waals surface area contributed by atoms with E-state index in [0.717, 1.165) is 0 Å². The van der Waals surface area contributed by atoms with Crippen molar-refractivity contribution in [2.45, 2.75) is 175 Å². The number of carbonyl (C=O) groups is 6. The summed E-state index contributed by atoms with van der Waals surface area (Å²) in [6.45, 7) is 5.75. The summed E-state index contributed by atoms with van der Waals surface area (Å²) in [7, 11) is 0. The largest absolute Gasteiger partial charge is 0.394 e. The lowest BCUT2D eigenvalue weighted by Crippen LogP contribution is -2.63. The molecule has 3 aliphatic heterocycles. The molecular weight excluding hydrogens is 1230 g/mol. The van der Waals surface area contributed by atoms with Crippen molar-refractivity contribution in [2.75, 3.05) is 158 Å². The van der Waals surface area contributed by atoms with Crippen LogP contribution in [0.5, 0.6) is 0 Å². The van der Waals surface area contributed by atoms with Crippen LogP contribution in [0.4, 0.5) is 0 Å². The smallest absolute Gasteiger partial charge is 0.222 e.